The SMILES string of the molecule is Cc1noc2nc(C(C)C)cc(C(=O)NCCCn3cccn3)c12. The number of nitrogens with one attached hydrogen (secondary N) is 1. The van der Waals surface area contributed by atoms with Gasteiger partial charge in [0.2, 0.25) is 0 Å². The van der Waals surface area contributed by atoms with E-state index in [2.05, 4.69) is 20.6 Å². The van der Waals surface area contributed by atoms with Gasteiger partial charge >= 0.3 is 0 Å². The Bertz CT molecular complexity index is 836. The summed E-state index contributed by atoms with van der Waals surface area (Å²) >= 11 is 0. The summed E-state index contributed by atoms with van der Waals surface area (Å²) in [6, 6.07) is 3.72. The average molecular weight is 327 g/mol. The lowest BCUT2D eigenvalue weighted by molar-refractivity contribution is 0.0954. The molecule has 0 radical (unpaired) electrons. The van der Waals surface area contributed by atoms with Crippen molar-refractivity contribution in [1.29, 1.82) is 0 Å². The Balaban J connectivity index is 1.74. The minimum absolute atomic E-state index is 0.129. The van der Waals surface area contributed by atoms with E-state index in [0.717, 1.165) is 18.7 Å². The lowest BCUT2D eigenvalue weighted by atomic mass is 10.0. The minimum Gasteiger partial charge on any atom is -0.352 e. The number of nitrogens with zero attached hydrogens (tertiary/aromatic N) is 4. The summed E-state index contributed by atoms with van der Waals surface area (Å²) in [4.78, 5) is 17.1. The van der Waals surface area contributed by atoms with E-state index < -0.39 is 0 Å². The summed E-state index contributed by atoms with van der Waals surface area (Å²) in [5.41, 5.74) is 2.48. The van der Waals surface area contributed by atoms with Crippen LogP contribution in [0.1, 0.15) is 47.9 Å². The van der Waals surface area contributed by atoms with E-state index in [-0.39, 0.29) is 11.8 Å². The highest BCUT2D eigenvalue weighted by Gasteiger charge is 2.19. The van der Waals surface area contributed by atoms with Crippen LogP contribution in [-0.4, -0.2) is 32.4 Å². The molecule has 0 fully saturated rings. The van der Waals surface area contributed by atoms with Crippen LogP contribution in [0.4, 0.5) is 0 Å². The molecule has 0 aliphatic rings. The largest absolute Gasteiger partial charge is 0.352 e. The zero-order chi connectivity index (χ0) is 17.1. The number of pyridine rings is 1. The zero-order valence-electron chi connectivity index (χ0n) is 14.1. The van der Waals surface area contributed by atoms with E-state index in [0.29, 0.717) is 28.9 Å². The van der Waals surface area contributed by atoms with Crippen LogP contribution in [0.25, 0.3) is 11.1 Å². The maximum absolute atomic E-state index is 12.6. The third-order valence-electron chi connectivity index (χ3n) is 3.88. The van der Waals surface area contributed by atoms with E-state index in [1.807, 2.05) is 43.8 Å². The first-order chi connectivity index (χ1) is 11.6. The molecule has 0 atom stereocenters. The average Bonchev–Trinajstić information content (AvgIpc) is 3.20. The van der Waals surface area contributed by atoms with Crippen LogP contribution in [0.5, 0.6) is 0 Å². The molecule has 3 rings (SSSR count). The topological polar surface area (TPSA) is 85.8 Å². The first kappa shape index (κ1) is 16.2. The summed E-state index contributed by atoms with van der Waals surface area (Å²) in [6.07, 6.45) is 4.46. The quantitative estimate of drug-likeness (QED) is 0.703. The van der Waals surface area contributed by atoms with Crippen molar-refractivity contribution in [1.82, 2.24) is 25.2 Å². The molecule has 0 saturated heterocycles. The number of carbonyl (C=O) groups is 1. The maximum Gasteiger partial charge on any atom is 0.259 e. The Labute approximate surface area is 140 Å². The van der Waals surface area contributed by atoms with Crippen LogP contribution in [0, 0.1) is 6.92 Å². The van der Waals surface area contributed by atoms with Crippen molar-refractivity contribution in [2.45, 2.75) is 39.7 Å². The zero-order valence-corrected chi connectivity index (χ0v) is 14.1. The molecule has 7 nitrogen and oxygen atoms in total. The number of amides is 1. The molecule has 1 N–H and O–H groups in total. The monoisotopic (exact) mass is 327 g/mol. The highest BCUT2D eigenvalue weighted by molar-refractivity contribution is 6.06. The molecule has 0 spiro atoms. The summed E-state index contributed by atoms with van der Waals surface area (Å²) in [5, 5.41) is 11.7. The number of hydrogen-bond acceptors (Lipinski definition) is 5. The second-order valence-corrected chi connectivity index (χ2v) is 6.08. The molecule has 0 aliphatic heterocycles. The van der Waals surface area contributed by atoms with Gasteiger partial charge in [-0.3, -0.25) is 9.48 Å². The van der Waals surface area contributed by atoms with E-state index in [9.17, 15) is 4.79 Å². The molecule has 7 heteroatoms. The normalized spacial score (nSPS) is 11.3. The van der Waals surface area contributed by atoms with E-state index in [4.69, 9.17) is 4.52 Å². The van der Waals surface area contributed by atoms with Crippen molar-refractivity contribution < 1.29 is 9.32 Å². The Morgan fingerprint density at radius 3 is 2.96 bits per heavy atom. The summed E-state index contributed by atoms with van der Waals surface area (Å²) in [7, 11) is 0. The van der Waals surface area contributed by atoms with Gasteiger partial charge in [0.1, 0.15) is 0 Å². The van der Waals surface area contributed by atoms with Gasteiger partial charge in [0.05, 0.1) is 16.6 Å². The molecule has 0 aromatic carbocycles. The first-order valence-electron chi connectivity index (χ1n) is 8.09. The predicted octanol–water partition coefficient (Wildman–Crippen LogP) is 2.67. The van der Waals surface area contributed by atoms with Crippen LogP contribution in [0.15, 0.2) is 29.0 Å². The van der Waals surface area contributed by atoms with Crippen LogP contribution in [-0.2, 0) is 6.54 Å². The maximum atomic E-state index is 12.6. The molecule has 0 bridgehead atoms. The van der Waals surface area contributed by atoms with Gasteiger partial charge in [0, 0.05) is 31.2 Å². The summed E-state index contributed by atoms with van der Waals surface area (Å²) < 4.78 is 7.10. The molecule has 24 heavy (non-hydrogen) atoms. The second kappa shape index (κ2) is 6.82. The number of aryl methyl sites for hydroxylation is 2. The van der Waals surface area contributed by atoms with Crippen molar-refractivity contribution in [3.8, 4) is 0 Å². The third kappa shape index (κ3) is 3.29. The Morgan fingerprint density at radius 2 is 2.25 bits per heavy atom. The Hall–Kier alpha value is -2.70. The molecule has 0 aliphatic carbocycles. The van der Waals surface area contributed by atoms with E-state index >= 15 is 0 Å². The number of aromatic nitrogens is 4. The van der Waals surface area contributed by atoms with Gasteiger partial charge < -0.3 is 9.84 Å². The lowest BCUT2D eigenvalue weighted by Gasteiger charge is -2.09. The fraction of sp³-hybridized carbons (Fsp3) is 0.412. The second-order valence-electron chi connectivity index (χ2n) is 6.08. The van der Waals surface area contributed by atoms with Gasteiger partial charge in [-0.2, -0.15) is 5.10 Å². The fourth-order valence-electron chi connectivity index (χ4n) is 2.56. The molecule has 0 unspecified atom stereocenters. The number of carbonyl (C=O) groups excluding carboxylic acids is 1. The highest BCUT2D eigenvalue weighted by Crippen LogP contribution is 2.24. The molecular formula is C17H21N5O2. The van der Waals surface area contributed by atoms with Crippen molar-refractivity contribution in [3.63, 3.8) is 0 Å². The molecular weight excluding hydrogens is 306 g/mol. The fourth-order valence-corrected chi connectivity index (χ4v) is 2.56. The van der Waals surface area contributed by atoms with E-state index in [1.165, 1.54) is 0 Å². The van der Waals surface area contributed by atoms with Crippen LogP contribution < -0.4 is 5.32 Å². The molecule has 126 valence electrons. The van der Waals surface area contributed by atoms with Gasteiger partial charge in [0.25, 0.3) is 11.6 Å². The molecule has 1 amide bonds. The van der Waals surface area contributed by atoms with Gasteiger partial charge in [0.15, 0.2) is 0 Å². The van der Waals surface area contributed by atoms with Gasteiger partial charge in [-0.05, 0) is 31.4 Å². The number of hydrogen-bond donors (Lipinski definition) is 1. The van der Waals surface area contributed by atoms with Crippen LogP contribution in [0.3, 0.4) is 0 Å². The highest BCUT2D eigenvalue weighted by atomic mass is 16.5. The minimum atomic E-state index is -0.129. The number of fused-ring (bicyclic) bond motifs is 1. The standard InChI is InChI=1S/C17H21N5O2/c1-11(2)14-10-13(15-12(3)21-24-17(15)20-14)16(23)18-6-4-8-22-9-5-7-19-22/h5,7,9-11H,4,6,8H2,1-3H3,(H,18,23). The summed E-state index contributed by atoms with van der Waals surface area (Å²) in [5.74, 6) is 0.0715. The molecule has 3 heterocycles. The predicted molar refractivity (Wildman–Crippen MR) is 89.8 cm³/mol. The smallest absolute Gasteiger partial charge is 0.259 e. The van der Waals surface area contributed by atoms with Gasteiger partial charge in [-0.25, -0.2) is 4.98 Å². The van der Waals surface area contributed by atoms with Gasteiger partial charge in [-0.1, -0.05) is 19.0 Å². The van der Waals surface area contributed by atoms with Crippen molar-refractivity contribution in [2.24, 2.45) is 0 Å². The summed E-state index contributed by atoms with van der Waals surface area (Å²) in [6.45, 7) is 7.22. The number of rotatable bonds is 6. The molecule has 3 aromatic rings. The van der Waals surface area contributed by atoms with Crippen molar-refractivity contribution in [3.05, 3.63) is 41.5 Å². The third-order valence-corrected chi connectivity index (χ3v) is 3.88. The Kier molecular flexibility index (Phi) is 4.59. The van der Waals surface area contributed by atoms with Crippen molar-refractivity contribution in [2.75, 3.05) is 6.54 Å². The van der Waals surface area contributed by atoms with Gasteiger partial charge in [-0.15, -0.1) is 0 Å². The van der Waals surface area contributed by atoms with Crippen LogP contribution >= 0.6 is 0 Å². The van der Waals surface area contributed by atoms with Crippen LogP contribution in [0.2, 0.25) is 0 Å². The Morgan fingerprint density at radius 1 is 1.42 bits per heavy atom. The lowest BCUT2D eigenvalue weighted by Crippen LogP contribution is -2.26. The first-order valence-corrected chi connectivity index (χ1v) is 8.09. The molecule has 0 saturated carbocycles. The van der Waals surface area contributed by atoms with Crippen molar-refractivity contribution >= 4 is 17.0 Å². The van der Waals surface area contributed by atoms with E-state index in [1.54, 1.807) is 6.20 Å². The molecule has 3 aromatic heterocycles.